The first-order valence-electron chi connectivity index (χ1n) is 9.84. The summed E-state index contributed by atoms with van der Waals surface area (Å²) in [6, 6.07) is 10.9. The van der Waals surface area contributed by atoms with Gasteiger partial charge in [-0.05, 0) is 56.2 Å². The topological polar surface area (TPSA) is 32.5 Å². The Morgan fingerprint density at radius 2 is 1.92 bits per heavy atom. The fraction of sp³-hybridized carbons (Fsp3) is 0.714. The number of benzene rings is 1. The molecule has 3 nitrogen and oxygen atoms in total. The Morgan fingerprint density at radius 3 is 2.62 bits per heavy atom. The molecule has 0 amide bonds. The summed E-state index contributed by atoms with van der Waals surface area (Å²) in [7, 11) is 0. The lowest BCUT2D eigenvalue weighted by molar-refractivity contribution is 0.0993. The number of likely N-dealkylation sites (tertiary alicyclic amines) is 2. The standard InChI is InChI=1S/C21H35N3/c1-18(2)20-9-6-12-24(13-10-20)21(16-22)11-14-23(17-21)15-19-7-4-3-5-8-19/h3-5,7-8,18,20H,6,9-17,22H2,1-2H3. The molecular formula is C21H35N3. The first-order valence-corrected chi connectivity index (χ1v) is 9.84. The lowest BCUT2D eigenvalue weighted by atomic mass is 9.89. The van der Waals surface area contributed by atoms with E-state index in [1.54, 1.807) is 0 Å². The highest BCUT2D eigenvalue weighted by Crippen LogP contribution is 2.33. The van der Waals surface area contributed by atoms with E-state index in [-0.39, 0.29) is 5.54 Å². The van der Waals surface area contributed by atoms with Crippen LogP contribution in [0.1, 0.15) is 45.1 Å². The SMILES string of the molecule is CC(C)C1CCCN(C2(CN)CCN(Cc3ccccc3)C2)CC1. The molecule has 0 saturated carbocycles. The third-order valence-electron chi connectivity index (χ3n) is 6.43. The zero-order valence-corrected chi connectivity index (χ0v) is 15.6. The zero-order valence-electron chi connectivity index (χ0n) is 15.6. The smallest absolute Gasteiger partial charge is 0.0470 e. The van der Waals surface area contributed by atoms with Crippen LogP contribution >= 0.6 is 0 Å². The minimum Gasteiger partial charge on any atom is -0.329 e. The van der Waals surface area contributed by atoms with Gasteiger partial charge in [-0.3, -0.25) is 9.80 Å². The molecule has 24 heavy (non-hydrogen) atoms. The van der Waals surface area contributed by atoms with Crippen molar-refractivity contribution in [1.82, 2.24) is 9.80 Å². The van der Waals surface area contributed by atoms with Crippen LogP contribution < -0.4 is 5.73 Å². The van der Waals surface area contributed by atoms with E-state index in [0.717, 1.165) is 31.5 Å². The summed E-state index contributed by atoms with van der Waals surface area (Å²) in [6.45, 7) is 11.4. The van der Waals surface area contributed by atoms with Crippen molar-refractivity contribution in [1.29, 1.82) is 0 Å². The van der Waals surface area contributed by atoms with Gasteiger partial charge >= 0.3 is 0 Å². The van der Waals surface area contributed by atoms with E-state index in [2.05, 4.69) is 54.0 Å². The third kappa shape index (κ3) is 4.01. The van der Waals surface area contributed by atoms with Crippen LogP contribution in [0.25, 0.3) is 0 Å². The van der Waals surface area contributed by atoms with E-state index >= 15 is 0 Å². The van der Waals surface area contributed by atoms with Crippen LogP contribution in [-0.2, 0) is 6.54 Å². The second kappa shape index (κ2) is 7.99. The molecule has 2 aliphatic heterocycles. The summed E-state index contributed by atoms with van der Waals surface area (Å²) in [5, 5.41) is 0. The quantitative estimate of drug-likeness (QED) is 0.899. The normalized spacial score (nSPS) is 29.9. The van der Waals surface area contributed by atoms with Crippen molar-refractivity contribution >= 4 is 0 Å². The minimum absolute atomic E-state index is 0.209. The van der Waals surface area contributed by atoms with Gasteiger partial charge in [0, 0.05) is 31.7 Å². The van der Waals surface area contributed by atoms with E-state index in [0.29, 0.717) is 0 Å². The van der Waals surface area contributed by atoms with E-state index in [1.807, 2.05) is 0 Å². The molecule has 2 N–H and O–H groups in total. The lowest BCUT2D eigenvalue weighted by Gasteiger charge is -2.40. The predicted molar refractivity (Wildman–Crippen MR) is 102 cm³/mol. The molecule has 1 aromatic rings. The van der Waals surface area contributed by atoms with Gasteiger partial charge in [-0.25, -0.2) is 0 Å². The Hall–Kier alpha value is -0.900. The van der Waals surface area contributed by atoms with Gasteiger partial charge in [0.2, 0.25) is 0 Å². The van der Waals surface area contributed by atoms with Gasteiger partial charge in [0.15, 0.2) is 0 Å². The summed E-state index contributed by atoms with van der Waals surface area (Å²) in [5.41, 5.74) is 7.96. The van der Waals surface area contributed by atoms with Crippen LogP contribution in [0.2, 0.25) is 0 Å². The van der Waals surface area contributed by atoms with Gasteiger partial charge in [-0.2, -0.15) is 0 Å². The first kappa shape index (κ1) is 17.9. The molecule has 2 atom stereocenters. The second-order valence-corrected chi connectivity index (χ2v) is 8.30. The number of rotatable bonds is 5. The van der Waals surface area contributed by atoms with Crippen molar-refractivity contribution in [3.8, 4) is 0 Å². The Kier molecular flexibility index (Phi) is 5.96. The molecule has 2 aliphatic rings. The monoisotopic (exact) mass is 329 g/mol. The highest BCUT2D eigenvalue weighted by molar-refractivity contribution is 5.15. The van der Waals surface area contributed by atoms with Crippen LogP contribution in [-0.4, -0.2) is 48.1 Å². The average Bonchev–Trinajstić information content (AvgIpc) is 2.84. The molecule has 0 aliphatic carbocycles. The van der Waals surface area contributed by atoms with Gasteiger partial charge in [-0.15, -0.1) is 0 Å². The van der Waals surface area contributed by atoms with Crippen LogP contribution in [0.4, 0.5) is 0 Å². The number of hydrogen-bond acceptors (Lipinski definition) is 3. The molecule has 134 valence electrons. The third-order valence-corrected chi connectivity index (χ3v) is 6.43. The molecule has 2 heterocycles. The fourth-order valence-electron chi connectivity index (χ4n) is 4.73. The molecule has 0 bridgehead atoms. The summed E-state index contributed by atoms with van der Waals surface area (Å²) < 4.78 is 0. The molecule has 1 aromatic carbocycles. The maximum Gasteiger partial charge on any atom is 0.0470 e. The maximum atomic E-state index is 6.33. The highest BCUT2D eigenvalue weighted by Gasteiger charge is 2.42. The molecule has 3 rings (SSSR count). The van der Waals surface area contributed by atoms with E-state index < -0.39 is 0 Å². The van der Waals surface area contributed by atoms with Crippen LogP contribution in [0.3, 0.4) is 0 Å². The lowest BCUT2D eigenvalue weighted by Crippen LogP contribution is -2.56. The zero-order chi connectivity index (χ0) is 17.0. The summed E-state index contributed by atoms with van der Waals surface area (Å²) >= 11 is 0. The predicted octanol–water partition coefficient (Wildman–Crippen LogP) is 3.35. The van der Waals surface area contributed by atoms with Crippen LogP contribution in [0.15, 0.2) is 30.3 Å². The summed E-state index contributed by atoms with van der Waals surface area (Å²) in [6.07, 6.45) is 5.30. The number of nitrogens with zero attached hydrogens (tertiary/aromatic N) is 2. The van der Waals surface area contributed by atoms with Gasteiger partial charge in [-0.1, -0.05) is 44.2 Å². The minimum atomic E-state index is 0.209. The van der Waals surface area contributed by atoms with Gasteiger partial charge < -0.3 is 5.73 Å². The van der Waals surface area contributed by atoms with Crippen molar-refractivity contribution in [2.24, 2.45) is 17.6 Å². The van der Waals surface area contributed by atoms with E-state index in [1.165, 1.54) is 50.9 Å². The summed E-state index contributed by atoms with van der Waals surface area (Å²) in [5.74, 6) is 1.71. The molecule has 3 heteroatoms. The summed E-state index contributed by atoms with van der Waals surface area (Å²) in [4.78, 5) is 5.35. The first-order chi connectivity index (χ1) is 11.6. The van der Waals surface area contributed by atoms with E-state index in [9.17, 15) is 0 Å². The highest BCUT2D eigenvalue weighted by atomic mass is 15.3. The van der Waals surface area contributed by atoms with Crippen LogP contribution in [0.5, 0.6) is 0 Å². The van der Waals surface area contributed by atoms with Crippen molar-refractivity contribution in [2.45, 2.75) is 51.6 Å². The van der Waals surface area contributed by atoms with Gasteiger partial charge in [0.25, 0.3) is 0 Å². The number of hydrogen-bond donors (Lipinski definition) is 1. The molecule has 2 saturated heterocycles. The average molecular weight is 330 g/mol. The molecular weight excluding hydrogens is 294 g/mol. The van der Waals surface area contributed by atoms with Gasteiger partial charge in [0.1, 0.15) is 0 Å². The Bertz CT molecular complexity index is 501. The molecule has 0 radical (unpaired) electrons. The molecule has 2 unspecified atom stereocenters. The van der Waals surface area contributed by atoms with Crippen LogP contribution in [0, 0.1) is 11.8 Å². The van der Waals surface area contributed by atoms with Crippen molar-refractivity contribution in [3.05, 3.63) is 35.9 Å². The maximum absolute atomic E-state index is 6.33. The fourth-order valence-corrected chi connectivity index (χ4v) is 4.73. The van der Waals surface area contributed by atoms with Crippen molar-refractivity contribution < 1.29 is 0 Å². The molecule has 0 spiro atoms. The van der Waals surface area contributed by atoms with Crippen molar-refractivity contribution in [3.63, 3.8) is 0 Å². The van der Waals surface area contributed by atoms with Crippen molar-refractivity contribution in [2.75, 3.05) is 32.7 Å². The van der Waals surface area contributed by atoms with E-state index in [4.69, 9.17) is 5.73 Å². The number of nitrogens with two attached hydrogens (primary N) is 1. The Balaban J connectivity index is 1.62. The molecule has 0 aromatic heterocycles. The second-order valence-electron chi connectivity index (χ2n) is 8.30. The van der Waals surface area contributed by atoms with Gasteiger partial charge in [0.05, 0.1) is 0 Å². The molecule has 2 fully saturated rings. The largest absolute Gasteiger partial charge is 0.329 e. The Morgan fingerprint density at radius 1 is 1.12 bits per heavy atom. The Labute approximate surface area is 148 Å².